The number of phenols is 1. The van der Waals surface area contributed by atoms with E-state index in [4.69, 9.17) is 4.74 Å². The zero-order chi connectivity index (χ0) is 18.6. The van der Waals surface area contributed by atoms with E-state index in [1.165, 1.54) is 0 Å². The Morgan fingerprint density at radius 2 is 1.85 bits per heavy atom. The molecule has 2 aromatic rings. The number of hydrogen-bond donors (Lipinski definition) is 2. The van der Waals surface area contributed by atoms with E-state index >= 15 is 0 Å². The van der Waals surface area contributed by atoms with Gasteiger partial charge in [0.25, 0.3) is 0 Å². The predicted molar refractivity (Wildman–Crippen MR) is 100.0 cm³/mol. The Balaban J connectivity index is 1.86. The number of phenolic OH excluding ortho intramolecular Hbond substituents is 1. The molecule has 138 valence electrons. The minimum absolute atomic E-state index is 0.164. The highest BCUT2D eigenvalue weighted by Gasteiger charge is 2.26. The van der Waals surface area contributed by atoms with Crippen LogP contribution >= 0.6 is 0 Å². The maximum absolute atomic E-state index is 12.8. The van der Waals surface area contributed by atoms with Crippen LogP contribution in [-0.2, 0) is 21.2 Å². The van der Waals surface area contributed by atoms with Crippen LogP contribution in [0.1, 0.15) is 17.5 Å². The molecule has 26 heavy (non-hydrogen) atoms. The predicted octanol–water partition coefficient (Wildman–Crippen LogP) is 2.41. The van der Waals surface area contributed by atoms with Crippen LogP contribution in [0.25, 0.3) is 0 Å². The molecule has 0 spiro atoms. The van der Waals surface area contributed by atoms with Crippen LogP contribution in [0.2, 0.25) is 0 Å². The molecule has 0 saturated carbocycles. The third kappa shape index (κ3) is 4.62. The number of nitrogens with zero attached hydrogens (tertiary/aromatic N) is 1. The summed E-state index contributed by atoms with van der Waals surface area (Å²) in [6, 6.07) is 12.7. The first kappa shape index (κ1) is 18.4. The van der Waals surface area contributed by atoms with Gasteiger partial charge in [0.05, 0.1) is 11.5 Å². The van der Waals surface area contributed by atoms with Crippen LogP contribution < -0.4 is 4.72 Å². The van der Waals surface area contributed by atoms with Crippen molar-refractivity contribution in [1.82, 2.24) is 4.72 Å². The van der Waals surface area contributed by atoms with Gasteiger partial charge in [-0.1, -0.05) is 29.8 Å². The van der Waals surface area contributed by atoms with Crippen molar-refractivity contribution in [2.75, 3.05) is 13.2 Å². The van der Waals surface area contributed by atoms with Gasteiger partial charge < -0.3 is 9.84 Å². The zero-order valence-electron chi connectivity index (χ0n) is 14.6. The maximum Gasteiger partial charge on any atom is 0.241 e. The van der Waals surface area contributed by atoms with Crippen LogP contribution in [0.5, 0.6) is 5.75 Å². The molecule has 0 aliphatic carbocycles. The second-order valence-electron chi connectivity index (χ2n) is 6.28. The Morgan fingerprint density at radius 1 is 1.15 bits per heavy atom. The van der Waals surface area contributed by atoms with Crippen molar-refractivity contribution in [3.63, 3.8) is 0 Å². The van der Waals surface area contributed by atoms with Gasteiger partial charge in [0.2, 0.25) is 15.9 Å². The van der Waals surface area contributed by atoms with Gasteiger partial charge >= 0.3 is 0 Å². The summed E-state index contributed by atoms with van der Waals surface area (Å²) in [5.74, 6) is 0.566. The van der Waals surface area contributed by atoms with E-state index in [2.05, 4.69) is 9.71 Å². The molecule has 2 aromatic carbocycles. The molecular weight excluding hydrogens is 352 g/mol. The highest BCUT2D eigenvalue weighted by molar-refractivity contribution is 7.89. The van der Waals surface area contributed by atoms with Crippen molar-refractivity contribution < 1.29 is 18.3 Å². The molecule has 1 aliphatic rings. The first-order chi connectivity index (χ1) is 12.4. The fourth-order valence-corrected chi connectivity index (χ4v) is 3.90. The average Bonchev–Trinajstić information content (AvgIpc) is 2.64. The molecule has 6 nitrogen and oxygen atoms in total. The summed E-state index contributed by atoms with van der Waals surface area (Å²) in [6.45, 7) is 3.05. The molecule has 0 unspecified atom stereocenters. The molecule has 0 amide bonds. The summed E-state index contributed by atoms with van der Waals surface area (Å²) in [7, 11) is -3.71. The lowest BCUT2D eigenvalue weighted by Crippen LogP contribution is -2.44. The molecule has 0 radical (unpaired) electrons. The largest absolute Gasteiger partial charge is 0.508 e. The molecule has 2 N–H and O–H groups in total. The fraction of sp³-hybridized carbons (Fsp3) is 0.316. The number of aryl methyl sites for hydroxylation is 1. The first-order valence-corrected chi connectivity index (χ1v) is 9.96. The Labute approximate surface area is 153 Å². The monoisotopic (exact) mass is 374 g/mol. The second kappa shape index (κ2) is 7.88. The Morgan fingerprint density at radius 3 is 2.46 bits per heavy atom. The lowest BCUT2D eigenvalue weighted by atomic mass is 10.1. The number of ether oxygens (including phenoxy) is 1. The fourth-order valence-electron chi connectivity index (χ4n) is 2.71. The van der Waals surface area contributed by atoms with E-state index < -0.39 is 16.1 Å². The van der Waals surface area contributed by atoms with Crippen molar-refractivity contribution >= 4 is 15.9 Å². The minimum atomic E-state index is -3.71. The second-order valence-corrected chi connectivity index (χ2v) is 7.99. The van der Waals surface area contributed by atoms with E-state index in [0.29, 0.717) is 25.5 Å². The summed E-state index contributed by atoms with van der Waals surface area (Å²) in [5, 5.41) is 9.44. The Hall–Kier alpha value is -2.38. The average molecular weight is 374 g/mol. The van der Waals surface area contributed by atoms with Gasteiger partial charge in [-0.15, -0.1) is 0 Å². The molecule has 1 aliphatic heterocycles. The number of aliphatic imine (C=N–C) groups is 1. The summed E-state index contributed by atoms with van der Waals surface area (Å²) >= 11 is 0. The summed E-state index contributed by atoms with van der Waals surface area (Å²) in [6.07, 6.45) is 1.20. The first-order valence-electron chi connectivity index (χ1n) is 8.48. The lowest BCUT2D eigenvalue weighted by molar-refractivity contribution is 0.266. The van der Waals surface area contributed by atoms with Gasteiger partial charge in [-0.05, 0) is 43.2 Å². The Kier molecular flexibility index (Phi) is 5.58. The number of sulfonamides is 1. The maximum atomic E-state index is 12.8. The lowest BCUT2D eigenvalue weighted by Gasteiger charge is -2.23. The Bertz CT molecular complexity index is 875. The molecule has 0 bridgehead atoms. The van der Waals surface area contributed by atoms with E-state index in [-0.39, 0.29) is 10.6 Å². The third-order valence-corrected chi connectivity index (χ3v) is 5.61. The van der Waals surface area contributed by atoms with Gasteiger partial charge in [-0.25, -0.2) is 8.42 Å². The number of aromatic hydroxyl groups is 1. The molecule has 3 rings (SSSR count). The molecule has 0 aromatic heterocycles. The van der Waals surface area contributed by atoms with Crippen molar-refractivity contribution in [2.24, 2.45) is 4.99 Å². The molecule has 1 atom stereocenters. The standard InChI is InChI=1S/C19H22N2O4S/c1-14-3-9-17(10-4-14)26(23,24)21-18(19-20-11-2-12-25-19)13-15-5-7-16(22)8-6-15/h3-10,18,21-22H,2,11-13H2,1H3/t18-/m0/s1. The highest BCUT2D eigenvalue weighted by atomic mass is 32.2. The van der Waals surface area contributed by atoms with E-state index in [0.717, 1.165) is 17.5 Å². The number of nitrogens with one attached hydrogen (secondary N) is 1. The number of benzene rings is 2. The van der Waals surface area contributed by atoms with Gasteiger partial charge in [-0.3, -0.25) is 4.99 Å². The quantitative estimate of drug-likeness (QED) is 0.813. The van der Waals surface area contributed by atoms with Crippen LogP contribution in [0.4, 0.5) is 0 Å². The molecular formula is C19H22N2O4S. The summed E-state index contributed by atoms with van der Waals surface area (Å²) < 4.78 is 33.9. The topological polar surface area (TPSA) is 88.0 Å². The molecule has 0 saturated heterocycles. The van der Waals surface area contributed by atoms with Crippen molar-refractivity contribution in [1.29, 1.82) is 0 Å². The number of hydrogen-bond acceptors (Lipinski definition) is 5. The van der Waals surface area contributed by atoms with Crippen LogP contribution in [0.15, 0.2) is 58.4 Å². The van der Waals surface area contributed by atoms with E-state index in [9.17, 15) is 13.5 Å². The molecule has 7 heteroatoms. The minimum Gasteiger partial charge on any atom is -0.508 e. The van der Waals surface area contributed by atoms with Gasteiger partial charge in [-0.2, -0.15) is 4.72 Å². The van der Waals surface area contributed by atoms with Gasteiger partial charge in [0.1, 0.15) is 11.8 Å². The van der Waals surface area contributed by atoms with Gasteiger partial charge in [0.15, 0.2) is 0 Å². The smallest absolute Gasteiger partial charge is 0.241 e. The molecule has 1 heterocycles. The van der Waals surface area contributed by atoms with Crippen LogP contribution in [0, 0.1) is 6.92 Å². The number of rotatable bonds is 6. The van der Waals surface area contributed by atoms with E-state index in [1.54, 1.807) is 48.5 Å². The van der Waals surface area contributed by atoms with Crippen LogP contribution in [0.3, 0.4) is 0 Å². The van der Waals surface area contributed by atoms with E-state index in [1.807, 2.05) is 6.92 Å². The highest BCUT2D eigenvalue weighted by Crippen LogP contribution is 2.16. The summed E-state index contributed by atoms with van der Waals surface area (Å²) in [4.78, 5) is 4.56. The zero-order valence-corrected chi connectivity index (χ0v) is 15.4. The third-order valence-electron chi connectivity index (χ3n) is 4.12. The van der Waals surface area contributed by atoms with Crippen molar-refractivity contribution in [2.45, 2.75) is 30.7 Å². The van der Waals surface area contributed by atoms with Crippen molar-refractivity contribution in [3.8, 4) is 5.75 Å². The van der Waals surface area contributed by atoms with Crippen molar-refractivity contribution in [3.05, 3.63) is 59.7 Å². The normalized spacial score (nSPS) is 15.8. The summed E-state index contributed by atoms with van der Waals surface area (Å²) in [5.41, 5.74) is 1.86. The SMILES string of the molecule is Cc1ccc(S(=O)(=O)N[C@@H](Cc2ccc(O)cc2)C2=NCCCO2)cc1. The molecule has 0 fully saturated rings. The van der Waals surface area contributed by atoms with Gasteiger partial charge in [0, 0.05) is 13.0 Å². The van der Waals surface area contributed by atoms with Crippen LogP contribution in [-0.4, -0.2) is 38.6 Å².